The van der Waals surface area contributed by atoms with Crippen LogP contribution in [0.25, 0.3) is 33.5 Å². The van der Waals surface area contributed by atoms with E-state index in [-0.39, 0.29) is 43.1 Å². The van der Waals surface area contributed by atoms with E-state index >= 15 is 0 Å². The van der Waals surface area contributed by atoms with Gasteiger partial charge in [-0.15, -0.1) is 0 Å². The van der Waals surface area contributed by atoms with Crippen LogP contribution in [0.1, 0.15) is 104 Å². The second-order valence-corrected chi connectivity index (χ2v) is 20.7. The van der Waals surface area contributed by atoms with Crippen LogP contribution in [0.15, 0.2) is 65.1 Å². The molecule has 2 aliphatic heterocycles. The molecule has 5 atom stereocenters. The minimum absolute atomic E-state index is 0.0144. The van der Waals surface area contributed by atoms with E-state index in [1.807, 2.05) is 74.5 Å². The van der Waals surface area contributed by atoms with Crippen LogP contribution in [0.5, 0.6) is 11.6 Å². The number of hydrogen-bond donors (Lipinski definition) is 3. The van der Waals surface area contributed by atoms with Gasteiger partial charge in [0.15, 0.2) is 5.82 Å². The highest BCUT2D eigenvalue weighted by molar-refractivity contribution is 7.91. The first kappa shape index (κ1) is 43.5. The Bertz CT molecular complexity index is 2580. The summed E-state index contributed by atoms with van der Waals surface area (Å²) in [4.78, 5) is 68.1. The number of para-hydroxylation sites is 1. The summed E-state index contributed by atoms with van der Waals surface area (Å²) in [5.74, 6) is -1.28. The van der Waals surface area contributed by atoms with Gasteiger partial charge in [0.25, 0.3) is 11.8 Å². The molecule has 16 nitrogen and oxygen atoms in total. The maximum absolute atomic E-state index is 14.8. The highest BCUT2D eigenvalue weighted by Crippen LogP contribution is 2.48. The van der Waals surface area contributed by atoms with Crippen molar-refractivity contribution in [1.82, 2.24) is 30.2 Å². The zero-order chi connectivity index (χ0) is 44.8. The largest absolute Gasteiger partial charge is 0.491 e. The fourth-order valence-electron chi connectivity index (χ4n) is 9.17. The van der Waals surface area contributed by atoms with E-state index in [0.29, 0.717) is 60.3 Å². The van der Waals surface area contributed by atoms with Crippen LogP contribution in [0, 0.1) is 5.92 Å². The second kappa shape index (κ2) is 17.3. The average molecular weight is 897 g/mol. The lowest BCUT2D eigenvalue weighted by atomic mass is 10.0. The number of carbonyl (C=O) groups is 4. The molecule has 17 heteroatoms. The van der Waals surface area contributed by atoms with Crippen molar-refractivity contribution in [3.63, 3.8) is 0 Å². The number of nitrogens with one attached hydrogen (secondary N) is 3. The van der Waals surface area contributed by atoms with Crippen LogP contribution < -0.4 is 24.8 Å². The second-order valence-electron chi connectivity index (χ2n) is 18.5. The van der Waals surface area contributed by atoms with E-state index in [2.05, 4.69) is 15.4 Å². The van der Waals surface area contributed by atoms with Crippen molar-refractivity contribution in [2.75, 3.05) is 6.54 Å². The van der Waals surface area contributed by atoms with Crippen molar-refractivity contribution >= 4 is 55.9 Å². The van der Waals surface area contributed by atoms with Crippen LogP contribution in [-0.2, 0) is 29.1 Å². The first-order valence-electron chi connectivity index (χ1n) is 22.7. The normalized spacial score (nSPS) is 26.6. The lowest BCUT2D eigenvalue weighted by Gasteiger charge is -2.30. The molecule has 2 aromatic carbocycles. The first-order valence-corrected chi connectivity index (χ1v) is 24.2. The smallest absolute Gasteiger partial charge is 0.408 e. The maximum Gasteiger partial charge on any atom is 0.408 e. The number of hydrogen-bond acceptors (Lipinski definition) is 12. The topological polar surface area (TPSA) is 208 Å². The Morgan fingerprint density at radius 2 is 1.70 bits per heavy atom. The van der Waals surface area contributed by atoms with Crippen LogP contribution >= 0.6 is 0 Å². The zero-order valence-corrected chi connectivity index (χ0v) is 37.3. The quantitative estimate of drug-likeness (QED) is 0.144. The molecule has 64 heavy (non-hydrogen) atoms. The first-order chi connectivity index (χ1) is 30.7. The van der Waals surface area contributed by atoms with Crippen molar-refractivity contribution < 1.29 is 46.2 Å². The number of sulfonamides is 1. The molecular weight excluding hydrogens is 841 g/mol. The van der Waals surface area contributed by atoms with Crippen LogP contribution in [0.3, 0.4) is 0 Å². The van der Waals surface area contributed by atoms with E-state index < -0.39 is 68.2 Å². The Morgan fingerprint density at radius 3 is 2.45 bits per heavy atom. The third-order valence-electron chi connectivity index (χ3n) is 13.3. The molecule has 1 saturated heterocycles. The van der Waals surface area contributed by atoms with E-state index in [1.165, 1.54) is 4.90 Å². The molecule has 340 valence electrons. The van der Waals surface area contributed by atoms with Crippen molar-refractivity contribution in [2.45, 2.75) is 145 Å². The van der Waals surface area contributed by atoms with Crippen molar-refractivity contribution in [3.8, 4) is 23.0 Å². The maximum atomic E-state index is 14.8. The van der Waals surface area contributed by atoms with Gasteiger partial charge in [0.2, 0.25) is 27.4 Å². The molecule has 4 fully saturated rings. The van der Waals surface area contributed by atoms with Gasteiger partial charge in [-0.1, -0.05) is 37.1 Å². The van der Waals surface area contributed by atoms with E-state index in [1.54, 1.807) is 6.92 Å². The molecule has 0 spiro atoms. The Labute approximate surface area is 372 Å². The fourth-order valence-corrected chi connectivity index (χ4v) is 10.5. The van der Waals surface area contributed by atoms with Crippen molar-refractivity contribution in [1.29, 1.82) is 0 Å². The van der Waals surface area contributed by atoms with Gasteiger partial charge >= 0.3 is 6.09 Å². The molecule has 0 unspecified atom stereocenters. The summed E-state index contributed by atoms with van der Waals surface area (Å²) < 4.78 is 52.4. The number of alkyl carbamates (subject to hydrolysis) is 1. The number of benzene rings is 2. The summed E-state index contributed by atoms with van der Waals surface area (Å²) in [6, 6.07) is 12.6. The summed E-state index contributed by atoms with van der Waals surface area (Å²) in [6.45, 7) is 5.41. The van der Waals surface area contributed by atoms with E-state index in [9.17, 15) is 27.6 Å². The fraction of sp³-hybridized carbons (Fsp3) is 0.532. The molecule has 3 N–H and O–H groups in total. The highest BCUT2D eigenvalue weighted by atomic mass is 32.2. The third kappa shape index (κ3) is 8.87. The monoisotopic (exact) mass is 896 g/mol. The molecule has 3 saturated carbocycles. The molecule has 2 aromatic heterocycles. The van der Waals surface area contributed by atoms with Gasteiger partial charge in [-0.25, -0.2) is 18.2 Å². The molecule has 5 aliphatic rings. The van der Waals surface area contributed by atoms with Gasteiger partial charge in [-0.05, 0) is 121 Å². The number of rotatable bonds is 10. The number of allylic oxidation sites excluding steroid dienone is 1. The number of fused-ring (bicyclic) bond motifs is 5. The van der Waals surface area contributed by atoms with Gasteiger partial charge in [0.05, 0.1) is 17.4 Å². The molecule has 4 amide bonds. The van der Waals surface area contributed by atoms with Crippen LogP contribution in [0.2, 0.25) is 0 Å². The van der Waals surface area contributed by atoms with Gasteiger partial charge in [0.1, 0.15) is 46.7 Å². The van der Waals surface area contributed by atoms with Crippen molar-refractivity contribution in [2.24, 2.45) is 5.92 Å². The summed E-state index contributed by atoms with van der Waals surface area (Å²) in [6.07, 6.45) is 9.65. The summed E-state index contributed by atoms with van der Waals surface area (Å²) >= 11 is 0. The Morgan fingerprint density at radius 1 is 0.953 bits per heavy atom. The zero-order valence-electron chi connectivity index (χ0n) is 36.5. The van der Waals surface area contributed by atoms with Gasteiger partial charge in [-0.2, -0.15) is 4.98 Å². The molecule has 0 bridgehead atoms. The Balaban J connectivity index is 1.05. The lowest BCUT2D eigenvalue weighted by Crippen LogP contribution is -2.58. The number of carbonyl (C=O) groups excluding carboxylic acids is 4. The number of furan rings is 1. The average Bonchev–Trinajstić information content (AvgIpc) is 3.92. The van der Waals surface area contributed by atoms with Gasteiger partial charge in [0, 0.05) is 23.3 Å². The van der Waals surface area contributed by atoms with Gasteiger partial charge < -0.3 is 34.2 Å². The predicted molar refractivity (Wildman–Crippen MR) is 237 cm³/mol. The molecule has 0 radical (unpaired) electrons. The van der Waals surface area contributed by atoms with Gasteiger partial charge in [-0.3, -0.25) is 19.1 Å². The Kier molecular flexibility index (Phi) is 11.8. The molecule has 4 aromatic rings. The summed E-state index contributed by atoms with van der Waals surface area (Å²) in [5, 5.41) is 6.50. The Hall–Kier alpha value is -5.71. The lowest BCUT2D eigenvalue weighted by molar-refractivity contribution is -0.141. The van der Waals surface area contributed by atoms with Crippen molar-refractivity contribution in [3.05, 3.63) is 60.7 Å². The minimum Gasteiger partial charge on any atom is -0.491 e. The minimum atomic E-state index is -4.02. The summed E-state index contributed by atoms with van der Waals surface area (Å²) in [7, 11) is -4.02. The molecule has 9 rings (SSSR count). The number of amides is 4. The summed E-state index contributed by atoms with van der Waals surface area (Å²) in [5.41, 5.74) is 0.499. The van der Waals surface area contributed by atoms with Crippen LogP contribution in [-0.4, -0.2) is 94.3 Å². The SMILES string of the molecule is CC(C)Oc1ccc(-c2nc(O[C@@H]3C[C@H]4C(=O)N[C@]5(C(=O)NS(=O)(=O)C6(C)CC6)C[C@@H]5/C=C\CCCCC[C@H](NC(=O)OC5CCCC5)C(=O)N4C3)c3oc4ccccc4c3n2)cc1. The molecule has 3 aliphatic carbocycles. The van der Waals surface area contributed by atoms with E-state index in [0.717, 1.165) is 43.9 Å². The number of aromatic nitrogens is 2. The molecular formula is C47H56N6O10S. The van der Waals surface area contributed by atoms with E-state index in [4.69, 9.17) is 28.6 Å². The van der Waals surface area contributed by atoms with Crippen LogP contribution in [0.4, 0.5) is 4.79 Å². The highest BCUT2D eigenvalue weighted by Gasteiger charge is 2.63. The standard InChI is InChI=1S/C47H56N6O10S/c1-28(2)60-32-21-19-29(20-22-32)40-49-38-34-16-11-12-18-37(34)63-39(38)42(50-40)61-33-25-36-41(54)51-47(44(56)52-64(58,59)46(3)23-24-46)26-30(47)13-7-5-4-6-8-17-35(43(55)53(36)27-33)48-45(57)62-31-14-9-10-15-31/h7,11-13,16,18-22,28,30-31,33,35-36H,4-6,8-10,14-15,17,23-27H2,1-3H3,(H,48,57)(H,51,54)(H,52,56)/b13-7-/t30-,33+,35-,36-,47+/m0/s1. The number of nitrogens with zero attached hydrogens (tertiary/aromatic N) is 3. The number of ether oxygens (including phenoxy) is 3. The molecule has 4 heterocycles. The third-order valence-corrected chi connectivity index (χ3v) is 15.5. The predicted octanol–water partition coefficient (Wildman–Crippen LogP) is 6.61.